The zero-order chi connectivity index (χ0) is 18.8. The fourth-order valence-electron chi connectivity index (χ4n) is 3.02. The van der Waals surface area contributed by atoms with Crippen molar-refractivity contribution in [3.05, 3.63) is 56.7 Å². The molecule has 1 aliphatic heterocycles. The van der Waals surface area contributed by atoms with Gasteiger partial charge in [-0.25, -0.2) is 9.78 Å². The summed E-state index contributed by atoms with van der Waals surface area (Å²) in [5, 5.41) is 19.2. The van der Waals surface area contributed by atoms with E-state index in [0.717, 1.165) is 5.56 Å². The molecule has 9 heteroatoms. The first-order valence-electron chi connectivity index (χ1n) is 7.97. The molecule has 1 aliphatic rings. The van der Waals surface area contributed by atoms with Crippen molar-refractivity contribution in [2.24, 2.45) is 0 Å². The van der Waals surface area contributed by atoms with Crippen LogP contribution in [0.4, 0.5) is 0 Å². The normalized spacial score (nSPS) is 16.7. The largest absolute Gasteiger partial charge is 0.501 e. The zero-order valence-corrected chi connectivity index (χ0v) is 14.4. The Morgan fingerprint density at radius 2 is 2.00 bits per heavy atom. The molecule has 0 radical (unpaired) electrons. The van der Waals surface area contributed by atoms with Gasteiger partial charge in [0.2, 0.25) is 11.7 Å². The van der Waals surface area contributed by atoms with E-state index in [0.29, 0.717) is 24.4 Å². The Bertz CT molecular complexity index is 910. The van der Waals surface area contributed by atoms with Gasteiger partial charge < -0.3 is 20.1 Å². The van der Waals surface area contributed by atoms with E-state index < -0.39 is 29.0 Å². The number of H-pyrrole nitrogens is 1. The smallest absolute Gasteiger partial charge is 0.358 e. The molecule has 1 amide bonds. The number of carboxylic acids is 1. The van der Waals surface area contributed by atoms with Crippen LogP contribution < -0.4 is 5.56 Å². The van der Waals surface area contributed by atoms with Crippen molar-refractivity contribution in [2.45, 2.75) is 25.3 Å². The molecule has 2 heterocycles. The van der Waals surface area contributed by atoms with Crippen molar-refractivity contribution in [1.29, 1.82) is 0 Å². The first-order valence-corrected chi connectivity index (χ1v) is 8.35. The van der Waals surface area contributed by atoms with E-state index in [1.165, 1.54) is 0 Å². The van der Waals surface area contributed by atoms with E-state index in [9.17, 15) is 19.5 Å². The van der Waals surface area contributed by atoms with Gasteiger partial charge in [-0.3, -0.25) is 9.59 Å². The van der Waals surface area contributed by atoms with Crippen LogP contribution in [0.3, 0.4) is 0 Å². The summed E-state index contributed by atoms with van der Waals surface area (Å²) in [6.45, 7) is 0.476. The van der Waals surface area contributed by atoms with Crippen molar-refractivity contribution in [1.82, 2.24) is 14.9 Å². The number of hydrogen-bond donors (Lipinski definition) is 3. The van der Waals surface area contributed by atoms with Crippen LogP contribution in [-0.4, -0.2) is 43.5 Å². The number of aromatic nitrogens is 2. The van der Waals surface area contributed by atoms with Crippen LogP contribution >= 0.6 is 11.6 Å². The zero-order valence-electron chi connectivity index (χ0n) is 13.6. The number of carbonyl (C=O) groups excluding carboxylic acids is 1. The van der Waals surface area contributed by atoms with Crippen LogP contribution in [0.2, 0.25) is 5.02 Å². The SMILES string of the molecule is O=C(O)c1nc([C@@H]2CCCN2C(=O)Cc2ccc(Cl)cc2)[nH]c(=O)c1O. The maximum atomic E-state index is 12.7. The molecule has 1 fully saturated rings. The number of carboxylic acid groups (broad SMARTS) is 1. The maximum Gasteiger partial charge on any atom is 0.358 e. The van der Waals surface area contributed by atoms with Crippen LogP contribution in [0, 0.1) is 0 Å². The van der Waals surface area contributed by atoms with Gasteiger partial charge in [-0.05, 0) is 30.5 Å². The molecule has 0 saturated carbocycles. The van der Waals surface area contributed by atoms with E-state index in [2.05, 4.69) is 9.97 Å². The molecule has 0 spiro atoms. The Hall–Kier alpha value is -2.87. The molecule has 0 aliphatic carbocycles. The number of hydrogen-bond acceptors (Lipinski definition) is 5. The number of aromatic carboxylic acids is 1. The van der Waals surface area contributed by atoms with E-state index in [4.69, 9.17) is 16.7 Å². The molecule has 0 bridgehead atoms. The minimum atomic E-state index is -1.51. The highest BCUT2D eigenvalue weighted by Gasteiger charge is 2.33. The predicted molar refractivity (Wildman–Crippen MR) is 92.3 cm³/mol. The van der Waals surface area contributed by atoms with E-state index in [1.807, 2.05) is 0 Å². The van der Waals surface area contributed by atoms with E-state index >= 15 is 0 Å². The lowest BCUT2D eigenvalue weighted by molar-refractivity contribution is -0.131. The highest BCUT2D eigenvalue weighted by molar-refractivity contribution is 6.30. The molecular formula is C17H16ClN3O5. The highest BCUT2D eigenvalue weighted by Crippen LogP contribution is 2.30. The molecule has 1 aromatic heterocycles. The minimum Gasteiger partial charge on any atom is -0.501 e. The van der Waals surface area contributed by atoms with E-state index in [1.54, 1.807) is 29.2 Å². The summed E-state index contributed by atoms with van der Waals surface area (Å²) in [4.78, 5) is 43.4. The maximum absolute atomic E-state index is 12.7. The average Bonchev–Trinajstić information content (AvgIpc) is 3.08. The molecule has 3 N–H and O–H groups in total. The number of rotatable bonds is 4. The van der Waals surface area contributed by atoms with Gasteiger partial charge in [0.15, 0.2) is 5.69 Å². The quantitative estimate of drug-likeness (QED) is 0.745. The Kier molecular flexibility index (Phi) is 4.94. The van der Waals surface area contributed by atoms with Gasteiger partial charge >= 0.3 is 5.97 Å². The van der Waals surface area contributed by atoms with Crippen LogP contribution in [0.5, 0.6) is 5.75 Å². The summed E-state index contributed by atoms with van der Waals surface area (Å²) < 4.78 is 0. The molecule has 1 saturated heterocycles. The van der Waals surface area contributed by atoms with Gasteiger partial charge in [-0.1, -0.05) is 23.7 Å². The Morgan fingerprint density at radius 3 is 2.65 bits per heavy atom. The second kappa shape index (κ2) is 7.17. The number of likely N-dealkylation sites (tertiary alicyclic amines) is 1. The molecule has 1 atom stereocenters. The molecule has 1 aromatic carbocycles. The van der Waals surface area contributed by atoms with Gasteiger partial charge in [-0.15, -0.1) is 0 Å². The number of halogens is 1. The van der Waals surface area contributed by atoms with Gasteiger partial charge in [0.25, 0.3) is 5.56 Å². The lowest BCUT2D eigenvalue weighted by Gasteiger charge is -2.24. The average molecular weight is 378 g/mol. The third kappa shape index (κ3) is 3.55. The standard InChI is InChI=1S/C17H16ClN3O5/c18-10-5-3-9(4-6-10)8-12(22)21-7-1-2-11(21)15-19-13(17(25)26)14(23)16(24)20-15/h3-6,11,23H,1-2,7-8H2,(H,25,26)(H,19,20,24)/t11-/m0/s1. The first kappa shape index (κ1) is 17.9. The van der Waals surface area contributed by atoms with Crippen molar-refractivity contribution in [3.8, 4) is 5.75 Å². The van der Waals surface area contributed by atoms with Crippen LogP contribution in [0.15, 0.2) is 29.1 Å². The van der Waals surface area contributed by atoms with Crippen molar-refractivity contribution in [2.75, 3.05) is 6.54 Å². The van der Waals surface area contributed by atoms with Gasteiger partial charge in [0.1, 0.15) is 5.82 Å². The number of nitrogens with one attached hydrogen (secondary N) is 1. The molecule has 0 unspecified atom stereocenters. The van der Waals surface area contributed by atoms with Gasteiger partial charge in [0.05, 0.1) is 12.5 Å². The third-order valence-electron chi connectivity index (χ3n) is 4.27. The van der Waals surface area contributed by atoms with Crippen molar-refractivity contribution >= 4 is 23.5 Å². The molecular weight excluding hydrogens is 362 g/mol. The van der Waals surface area contributed by atoms with E-state index in [-0.39, 0.29) is 18.2 Å². The minimum absolute atomic E-state index is 0.0622. The Labute approximate surface area is 153 Å². The van der Waals surface area contributed by atoms with Gasteiger partial charge in [-0.2, -0.15) is 0 Å². The van der Waals surface area contributed by atoms with Crippen molar-refractivity contribution < 1.29 is 19.8 Å². The predicted octanol–water partition coefficient (Wildman–Crippen LogP) is 1.73. The topological polar surface area (TPSA) is 124 Å². The third-order valence-corrected chi connectivity index (χ3v) is 4.53. The second-order valence-corrected chi connectivity index (χ2v) is 6.44. The second-order valence-electron chi connectivity index (χ2n) is 6.00. The highest BCUT2D eigenvalue weighted by atomic mass is 35.5. The molecule has 136 valence electrons. The summed E-state index contributed by atoms with van der Waals surface area (Å²) in [6, 6.07) is 6.37. The summed E-state index contributed by atoms with van der Waals surface area (Å²) >= 11 is 5.84. The molecule has 8 nitrogen and oxygen atoms in total. The lowest BCUT2D eigenvalue weighted by Crippen LogP contribution is -2.34. The number of aromatic hydroxyl groups is 1. The fraction of sp³-hybridized carbons (Fsp3) is 0.294. The number of aromatic amines is 1. The summed E-state index contributed by atoms with van der Waals surface area (Å²) in [5.74, 6) is -2.56. The Morgan fingerprint density at radius 1 is 1.31 bits per heavy atom. The number of carbonyl (C=O) groups is 2. The summed E-state index contributed by atoms with van der Waals surface area (Å²) in [7, 11) is 0. The number of amides is 1. The van der Waals surface area contributed by atoms with Crippen molar-refractivity contribution in [3.63, 3.8) is 0 Å². The molecule has 26 heavy (non-hydrogen) atoms. The molecule has 3 rings (SSSR count). The summed E-state index contributed by atoms with van der Waals surface area (Å²) in [5.41, 5.74) is -0.867. The fourth-order valence-corrected chi connectivity index (χ4v) is 3.15. The van der Waals surface area contributed by atoms with Crippen LogP contribution in [-0.2, 0) is 11.2 Å². The summed E-state index contributed by atoms with van der Waals surface area (Å²) in [6.07, 6.45) is 1.39. The number of nitrogens with zero attached hydrogens (tertiary/aromatic N) is 2. The monoisotopic (exact) mass is 377 g/mol. The first-order chi connectivity index (χ1) is 12.4. The van der Waals surface area contributed by atoms with Crippen LogP contribution in [0.25, 0.3) is 0 Å². The Balaban J connectivity index is 1.86. The number of benzene rings is 1. The van der Waals surface area contributed by atoms with Crippen LogP contribution in [0.1, 0.15) is 40.8 Å². The lowest BCUT2D eigenvalue weighted by atomic mass is 10.1. The molecule has 2 aromatic rings. The van der Waals surface area contributed by atoms with Gasteiger partial charge in [0, 0.05) is 11.6 Å².